The minimum atomic E-state index is 0. The van der Waals surface area contributed by atoms with Gasteiger partial charge in [-0.3, -0.25) is 0 Å². The van der Waals surface area contributed by atoms with Crippen LogP contribution >= 0.6 is 24.0 Å². The Kier molecular flexibility index (Phi) is 55.4. The van der Waals surface area contributed by atoms with E-state index in [-0.39, 0.29) is 46.0 Å². The second-order valence-corrected chi connectivity index (χ2v) is 3.19. The summed E-state index contributed by atoms with van der Waals surface area (Å²) in [5, 5.41) is 3.04. The normalized spacial score (nSPS) is 5.83. The molecule has 0 heterocycles. The van der Waals surface area contributed by atoms with Gasteiger partial charge in [-0.05, 0) is 12.7 Å². The second-order valence-electron chi connectivity index (χ2n) is 1.25. The summed E-state index contributed by atoms with van der Waals surface area (Å²) in [6.45, 7) is 5.07. The van der Waals surface area contributed by atoms with Crippen molar-refractivity contribution in [3.63, 3.8) is 0 Å². The van der Waals surface area contributed by atoms with Crippen LogP contribution in [0.3, 0.4) is 0 Å². The first-order valence-electron chi connectivity index (χ1n) is 2.71. The molecule has 0 saturated carbocycles. The fourth-order valence-electron chi connectivity index (χ4n) is 0.326. The molecule has 0 aromatic heterocycles. The molecule has 7 N–H and O–H groups in total. The van der Waals surface area contributed by atoms with Crippen molar-refractivity contribution in [2.45, 2.75) is 13.8 Å². The number of rotatable bonds is 2. The molecule has 74 valence electrons. The Labute approximate surface area is 105 Å². The van der Waals surface area contributed by atoms with Gasteiger partial charge in [-0.1, -0.05) is 30.9 Å². The van der Waals surface area contributed by atoms with Gasteiger partial charge >= 0.3 is 29.6 Å². The third-order valence-corrected chi connectivity index (χ3v) is 1.79. The summed E-state index contributed by atoms with van der Waals surface area (Å²) >= 11 is 6.58. The summed E-state index contributed by atoms with van der Waals surface area (Å²) in [5.74, 6) is 1.06. The predicted octanol–water partition coefficient (Wildman–Crippen LogP) is -1.49. The SMILES string of the molecule is CCNC(=S)SCC.O.O.O.[NaH]. The van der Waals surface area contributed by atoms with E-state index in [2.05, 4.69) is 12.2 Å². The Morgan fingerprint density at radius 1 is 1.25 bits per heavy atom. The fraction of sp³-hybridized carbons (Fsp3) is 0.800. The molecule has 0 aliphatic heterocycles. The Morgan fingerprint density at radius 2 is 1.67 bits per heavy atom. The molecule has 4 nitrogen and oxygen atoms in total. The van der Waals surface area contributed by atoms with Gasteiger partial charge in [0.05, 0.1) is 0 Å². The Hall–Kier alpha value is 1.12. The van der Waals surface area contributed by atoms with Crippen molar-refractivity contribution in [3.8, 4) is 0 Å². The van der Waals surface area contributed by atoms with Gasteiger partial charge in [0, 0.05) is 6.54 Å². The molecule has 0 spiro atoms. The number of thioether (sulfide) groups is 1. The van der Waals surface area contributed by atoms with Crippen LogP contribution < -0.4 is 5.32 Å². The van der Waals surface area contributed by atoms with Crippen molar-refractivity contribution >= 4 is 57.9 Å². The number of hydrogen-bond donors (Lipinski definition) is 1. The summed E-state index contributed by atoms with van der Waals surface area (Å²) in [5.41, 5.74) is 0. The van der Waals surface area contributed by atoms with E-state index >= 15 is 0 Å². The molecule has 0 saturated heterocycles. The molecule has 0 radical (unpaired) electrons. The Bertz CT molecular complexity index is 79.1. The molecule has 0 amide bonds. The van der Waals surface area contributed by atoms with Crippen molar-refractivity contribution in [1.82, 2.24) is 5.32 Å². The second kappa shape index (κ2) is 22.7. The van der Waals surface area contributed by atoms with Gasteiger partial charge in [-0.15, -0.1) is 0 Å². The standard InChI is InChI=1S/C5H11NS2.Na.3H2O.H/c1-3-6-5(7)8-4-2;;;;;/h3-4H2,1-2H3,(H,6,7);;3*1H2;. The molecular weight excluding hydrogens is 209 g/mol. The van der Waals surface area contributed by atoms with Gasteiger partial charge in [0.25, 0.3) is 0 Å². The molecule has 0 aromatic rings. The Morgan fingerprint density at radius 3 is 1.92 bits per heavy atom. The van der Waals surface area contributed by atoms with Crippen LogP contribution in [-0.2, 0) is 0 Å². The van der Waals surface area contributed by atoms with Crippen molar-refractivity contribution in [1.29, 1.82) is 0 Å². The van der Waals surface area contributed by atoms with Crippen LogP contribution in [0.1, 0.15) is 13.8 Å². The summed E-state index contributed by atoms with van der Waals surface area (Å²) in [4.78, 5) is 0. The molecule has 0 atom stereocenters. The van der Waals surface area contributed by atoms with Crippen LogP contribution in [0.25, 0.3) is 0 Å². The summed E-state index contributed by atoms with van der Waals surface area (Å²) in [6, 6.07) is 0. The predicted molar refractivity (Wildman–Crippen MR) is 62.4 cm³/mol. The zero-order chi connectivity index (χ0) is 6.41. The maximum atomic E-state index is 4.90. The third kappa shape index (κ3) is 22.5. The summed E-state index contributed by atoms with van der Waals surface area (Å²) in [6.07, 6.45) is 0. The van der Waals surface area contributed by atoms with Gasteiger partial charge in [0.1, 0.15) is 4.32 Å². The van der Waals surface area contributed by atoms with Crippen molar-refractivity contribution in [2.75, 3.05) is 12.3 Å². The number of thiocarbonyl (C=S) groups is 1. The fourth-order valence-corrected chi connectivity index (χ4v) is 1.33. The van der Waals surface area contributed by atoms with Crippen molar-refractivity contribution in [2.24, 2.45) is 0 Å². The van der Waals surface area contributed by atoms with Crippen LogP contribution in [0.2, 0.25) is 0 Å². The van der Waals surface area contributed by atoms with Crippen LogP contribution in [0.4, 0.5) is 0 Å². The molecule has 7 heteroatoms. The third-order valence-electron chi connectivity index (χ3n) is 0.597. The van der Waals surface area contributed by atoms with Gasteiger partial charge < -0.3 is 21.7 Å². The molecule has 0 fully saturated rings. The number of hydrogen-bond acceptors (Lipinski definition) is 2. The average molecular weight is 227 g/mol. The van der Waals surface area contributed by atoms with E-state index in [4.69, 9.17) is 12.2 Å². The van der Waals surface area contributed by atoms with E-state index in [1.807, 2.05) is 6.92 Å². The molecular formula is C5H18NNaO3S2. The summed E-state index contributed by atoms with van der Waals surface area (Å²) < 4.78 is 0.912. The average Bonchev–Trinajstić information content (AvgIpc) is 1.68. The van der Waals surface area contributed by atoms with E-state index in [1.54, 1.807) is 11.8 Å². The van der Waals surface area contributed by atoms with E-state index in [1.165, 1.54) is 0 Å². The quantitative estimate of drug-likeness (QED) is 0.459. The van der Waals surface area contributed by atoms with Gasteiger partial charge in [0.15, 0.2) is 0 Å². The monoisotopic (exact) mass is 227 g/mol. The van der Waals surface area contributed by atoms with E-state index in [9.17, 15) is 0 Å². The Balaban J connectivity index is -0.0000000408. The van der Waals surface area contributed by atoms with E-state index < -0.39 is 0 Å². The van der Waals surface area contributed by atoms with Crippen molar-refractivity contribution < 1.29 is 16.4 Å². The number of nitrogens with one attached hydrogen (secondary N) is 1. The maximum absolute atomic E-state index is 4.90. The topological polar surface area (TPSA) is 107 Å². The van der Waals surface area contributed by atoms with Crippen LogP contribution in [0.15, 0.2) is 0 Å². The zero-order valence-corrected chi connectivity index (χ0v) is 8.36. The minimum absolute atomic E-state index is 0. The molecule has 0 unspecified atom stereocenters. The molecule has 0 rings (SSSR count). The molecule has 0 bridgehead atoms. The first-order valence-corrected chi connectivity index (χ1v) is 4.11. The van der Waals surface area contributed by atoms with Crippen LogP contribution in [-0.4, -0.2) is 62.6 Å². The van der Waals surface area contributed by atoms with Gasteiger partial charge in [-0.2, -0.15) is 0 Å². The summed E-state index contributed by atoms with van der Waals surface area (Å²) in [7, 11) is 0. The molecule has 0 aliphatic rings. The zero-order valence-electron chi connectivity index (χ0n) is 6.73. The van der Waals surface area contributed by atoms with Gasteiger partial charge in [-0.25, -0.2) is 0 Å². The van der Waals surface area contributed by atoms with E-state index in [0.717, 1.165) is 16.6 Å². The first kappa shape index (κ1) is 29.2. The van der Waals surface area contributed by atoms with E-state index in [0.29, 0.717) is 0 Å². The molecule has 12 heavy (non-hydrogen) atoms. The van der Waals surface area contributed by atoms with Crippen LogP contribution in [0, 0.1) is 0 Å². The van der Waals surface area contributed by atoms with Crippen LogP contribution in [0.5, 0.6) is 0 Å². The molecule has 0 aliphatic carbocycles. The van der Waals surface area contributed by atoms with Gasteiger partial charge in [0.2, 0.25) is 0 Å². The molecule has 0 aromatic carbocycles. The first-order chi connectivity index (χ1) is 3.81. The van der Waals surface area contributed by atoms with Crippen molar-refractivity contribution in [3.05, 3.63) is 0 Å².